The number of nitrogens with one attached hydrogen (secondary N) is 1. The molecule has 1 aliphatic rings. The molecule has 2 nitrogen and oxygen atoms in total. The zero-order chi connectivity index (χ0) is 14.0. The number of unbranched alkanes of at least 4 members (excludes halogenated alkanes) is 4. The first-order valence-corrected chi connectivity index (χ1v) is 8.60. The molecule has 19 heavy (non-hydrogen) atoms. The Labute approximate surface area is 120 Å². The molecular weight excluding hydrogens is 234 g/mol. The number of hydrogen-bond donors (Lipinski definition) is 1. The van der Waals surface area contributed by atoms with Crippen LogP contribution in [0, 0.1) is 0 Å². The fourth-order valence-corrected chi connectivity index (χ4v) is 3.65. The first-order chi connectivity index (χ1) is 9.29. The van der Waals surface area contributed by atoms with E-state index in [2.05, 4.69) is 26.2 Å². The molecule has 1 fully saturated rings. The summed E-state index contributed by atoms with van der Waals surface area (Å²) >= 11 is 0. The Morgan fingerprint density at radius 3 is 2.26 bits per heavy atom. The minimum absolute atomic E-state index is 0.131. The molecule has 0 spiro atoms. The lowest BCUT2D eigenvalue weighted by atomic mass is 9.77. The van der Waals surface area contributed by atoms with E-state index in [-0.39, 0.29) is 5.60 Å². The van der Waals surface area contributed by atoms with E-state index in [4.69, 9.17) is 4.74 Å². The normalized spacial score (nSPS) is 20.4. The van der Waals surface area contributed by atoms with Crippen molar-refractivity contribution in [1.82, 2.24) is 5.32 Å². The predicted octanol–water partition coefficient (Wildman–Crippen LogP) is 4.67. The summed E-state index contributed by atoms with van der Waals surface area (Å²) in [5.41, 5.74) is 0.131. The van der Waals surface area contributed by atoms with Crippen LogP contribution in [-0.4, -0.2) is 25.3 Å². The fraction of sp³-hybridized carbons (Fsp3) is 1.00. The van der Waals surface area contributed by atoms with Gasteiger partial charge in [-0.1, -0.05) is 58.3 Å². The van der Waals surface area contributed by atoms with Crippen molar-refractivity contribution in [2.24, 2.45) is 0 Å². The summed E-state index contributed by atoms with van der Waals surface area (Å²) in [6, 6.07) is 0.550. The molecule has 2 heteroatoms. The van der Waals surface area contributed by atoms with Crippen molar-refractivity contribution < 1.29 is 4.74 Å². The quantitative estimate of drug-likeness (QED) is 0.582. The molecule has 0 saturated heterocycles. The highest BCUT2D eigenvalue weighted by Gasteiger charge is 2.39. The first kappa shape index (κ1) is 17.0. The molecule has 0 amide bonds. The lowest BCUT2D eigenvalue weighted by molar-refractivity contribution is -0.0904. The van der Waals surface area contributed by atoms with Gasteiger partial charge in [0.2, 0.25) is 0 Å². The summed E-state index contributed by atoms with van der Waals surface area (Å²) in [4.78, 5) is 0. The van der Waals surface area contributed by atoms with Crippen LogP contribution in [0.2, 0.25) is 0 Å². The molecule has 1 rings (SSSR count). The number of rotatable bonds is 10. The molecule has 0 heterocycles. The maximum absolute atomic E-state index is 6.24. The molecule has 0 aromatic rings. The van der Waals surface area contributed by atoms with Crippen LogP contribution in [0.15, 0.2) is 0 Å². The standard InChI is InChI=1S/C17H35NO/c1-4-6-7-8-10-13-16(18-3)17(19-5-2)14-11-9-12-15-17/h16,18H,4-15H2,1-3H3. The molecule has 1 unspecified atom stereocenters. The summed E-state index contributed by atoms with van der Waals surface area (Å²) in [6.07, 6.45) is 14.7. The van der Waals surface area contributed by atoms with Crippen LogP contribution in [0.4, 0.5) is 0 Å². The predicted molar refractivity (Wildman–Crippen MR) is 83.7 cm³/mol. The average Bonchev–Trinajstić information content (AvgIpc) is 2.44. The van der Waals surface area contributed by atoms with E-state index >= 15 is 0 Å². The highest BCUT2D eigenvalue weighted by Crippen LogP contribution is 2.36. The molecule has 1 atom stereocenters. The Kier molecular flexibility index (Phi) is 8.72. The van der Waals surface area contributed by atoms with Gasteiger partial charge in [-0.2, -0.15) is 0 Å². The maximum Gasteiger partial charge on any atom is 0.0834 e. The zero-order valence-corrected chi connectivity index (χ0v) is 13.5. The highest BCUT2D eigenvalue weighted by molar-refractivity contribution is 4.95. The van der Waals surface area contributed by atoms with E-state index < -0.39 is 0 Å². The van der Waals surface area contributed by atoms with Crippen LogP contribution < -0.4 is 5.32 Å². The van der Waals surface area contributed by atoms with E-state index in [1.165, 1.54) is 70.6 Å². The second-order valence-electron chi connectivity index (χ2n) is 6.10. The molecule has 0 aromatic heterocycles. The second kappa shape index (κ2) is 9.77. The van der Waals surface area contributed by atoms with Crippen molar-refractivity contribution >= 4 is 0 Å². The van der Waals surface area contributed by atoms with E-state index in [1.54, 1.807) is 0 Å². The Bertz CT molecular complexity index is 206. The minimum Gasteiger partial charge on any atom is -0.374 e. The van der Waals surface area contributed by atoms with Crippen LogP contribution >= 0.6 is 0 Å². The summed E-state index contributed by atoms with van der Waals surface area (Å²) in [5, 5.41) is 3.56. The van der Waals surface area contributed by atoms with Crippen LogP contribution in [0.1, 0.15) is 84.5 Å². The van der Waals surface area contributed by atoms with Crippen molar-refractivity contribution in [3.05, 3.63) is 0 Å². The van der Waals surface area contributed by atoms with Crippen LogP contribution in [-0.2, 0) is 4.74 Å². The van der Waals surface area contributed by atoms with Gasteiger partial charge >= 0.3 is 0 Å². The molecule has 1 saturated carbocycles. The van der Waals surface area contributed by atoms with Crippen molar-refractivity contribution in [2.45, 2.75) is 96.1 Å². The van der Waals surface area contributed by atoms with Gasteiger partial charge in [0, 0.05) is 12.6 Å². The van der Waals surface area contributed by atoms with Gasteiger partial charge in [0.05, 0.1) is 5.60 Å². The second-order valence-corrected chi connectivity index (χ2v) is 6.10. The van der Waals surface area contributed by atoms with Crippen LogP contribution in [0.5, 0.6) is 0 Å². The topological polar surface area (TPSA) is 21.3 Å². The third-order valence-corrected chi connectivity index (χ3v) is 4.71. The molecule has 0 aromatic carbocycles. The molecular formula is C17H35NO. The molecule has 0 bridgehead atoms. The van der Waals surface area contributed by atoms with E-state index in [0.29, 0.717) is 6.04 Å². The van der Waals surface area contributed by atoms with Gasteiger partial charge in [-0.3, -0.25) is 0 Å². The Morgan fingerprint density at radius 1 is 1.00 bits per heavy atom. The number of likely N-dealkylation sites (N-methyl/N-ethyl adjacent to an activating group) is 1. The minimum atomic E-state index is 0.131. The lowest BCUT2D eigenvalue weighted by Gasteiger charge is -2.43. The summed E-state index contributed by atoms with van der Waals surface area (Å²) in [7, 11) is 2.12. The van der Waals surface area contributed by atoms with Crippen molar-refractivity contribution in [2.75, 3.05) is 13.7 Å². The number of hydrogen-bond acceptors (Lipinski definition) is 2. The van der Waals surface area contributed by atoms with Gasteiger partial charge in [-0.15, -0.1) is 0 Å². The fourth-order valence-electron chi connectivity index (χ4n) is 3.65. The summed E-state index contributed by atoms with van der Waals surface area (Å²) in [5.74, 6) is 0. The number of ether oxygens (including phenoxy) is 1. The van der Waals surface area contributed by atoms with E-state index in [0.717, 1.165) is 6.61 Å². The van der Waals surface area contributed by atoms with Crippen molar-refractivity contribution in [3.8, 4) is 0 Å². The summed E-state index contributed by atoms with van der Waals surface area (Å²) < 4.78 is 6.24. The van der Waals surface area contributed by atoms with Gasteiger partial charge in [-0.05, 0) is 33.2 Å². The Balaban J connectivity index is 2.43. The molecule has 1 aliphatic carbocycles. The van der Waals surface area contributed by atoms with Crippen molar-refractivity contribution in [1.29, 1.82) is 0 Å². The summed E-state index contributed by atoms with van der Waals surface area (Å²) in [6.45, 7) is 5.28. The van der Waals surface area contributed by atoms with Gasteiger partial charge in [0.25, 0.3) is 0 Å². The average molecular weight is 269 g/mol. The van der Waals surface area contributed by atoms with E-state index in [9.17, 15) is 0 Å². The lowest BCUT2D eigenvalue weighted by Crippen LogP contribution is -2.52. The third-order valence-electron chi connectivity index (χ3n) is 4.71. The molecule has 0 radical (unpaired) electrons. The van der Waals surface area contributed by atoms with Gasteiger partial charge in [-0.25, -0.2) is 0 Å². The van der Waals surface area contributed by atoms with Gasteiger partial charge in [0.15, 0.2) is 0 Å². The maximum atomic E-state index is 6.24. The largest absolute Gasteiger partial charge is 0.374 e. The van der Waals surface area contributed by atoms with Gasteiger partial charge in [0.1, 0.15) is 0 Å². The smallest absolute Gasteiger partial charge is 0.0834 e. The monoisotopic (exact) mass is 269 g/mol. The third kappa shape index (κ3) is 5.43. The zero-order valence-electron chi connectivity index (χ0n) is 13.5. The Hall–Kier alpha value is -0.0800. The SMILES string of the molecule is CCCCCCCC(NC)C1(OCC)CCCCC1. The molecule has 0 aliphatic heterocycles. The highest BCUT2D eigenvalue weighted by atomic mass is 16.5. The van der Waals surface area contributed by atoms with Crippen LogP contribution in [0.25, 0.3) is 0 Å². The van der Waals surface area contributed by atoms with E-state index in [1.807, 2.05) is 0 Å². The first-order valence-electron chi connectivity index (χ1n) is 8.60. The van der Waals surface area contributed by atoms with Gasteiger partial charge < -0.3 is 10.1 Å². The van der Waals surface area contributed by atoms with Crippen LogP contribution in [0.3, 0.4) is 0 Å². The van der Waals surface area contributed by atoms with Crippen molar-refractivity contribution in [3.63, 3.8) is 0 Å². The molecule has 1 N–H and O–H groups in total. The Morgan fingerprint density at radius 2 is 1.68 bits per heavy atom. The molecule has 114 valence electrons.